The number of rotatable bonds is 6. The summed E-state index contributed by atoms with van der Waals surface area (Å²) in [5, 5.41) is 2.71. The minimum absolute atomic E-state index is 0.225. The molecule has 0 radical (unpaired) electrons. The van der Waals surface area contributed by atoms with E-state index in [-0.39, 0.29) is 11.9 Å². The van der Waals surface area contributed by atoms with Gasteiger partial charge in [-0.1, -0.05) is 12.1 Å². The highest BCUT2D eigenvalue weighted by atomic mass is 16.5. The average molecular weight is 250 g/mol. The summed E-state index contributed by atoms with van der Waals surface area (Å²) in [6.45, 7) is 2.57. The van der Waals surface area contributed by atoms with Crippen molar-refractivity contribution in [3.63, 3.8) is 0 Å². The second kappa shape index (κ2) is 7.32. The third kappa shape index (κ3) is 4.45. The maximum absolute atomic E-state index is 11.7. The zero-order valence-electron chi connectivity index (χ0n) is 10.4. The number of nitrogens with two attached hydrogens (primary N) is 1. The summed E-state index contributed by atoms with van der Waals surface area (Å²) in [5.41, 5.74) is 6.58. The highest BCUT2D eigenvalue weighted by Gasteiger charge is 2.08. The van der Waals surface area contributed by atoms with Crippen molar-refractivity contribution < 1.29 is 14.3 Å². The number of para-hydroxylation sites is 1. The predicted molar refractivity (Wildman–Crippen MR) is 69.1 cm³/mol. The molecule has 98 valence electrons. The quantitative estimate of drug-likeness (QED) is 0.453. The van der Waals surface area contributed by atoms with E-state index in [4.69, 9.17) is 10.5 Å². The molecular formula is C13H18N2O3. The van der Waals surface area contributed by atoms with Gasteiger partial charge < -0.3 is 15.8 Å². The van der Waals surface area contributed by atoms with Crippen LogP contribution in [0.25, 0.3) is 0 Å². The molecule has 0 atom stereocenters. The number of benzene rings is 1. The molecule has 0 unspecified atom stereocenters. The molecule has 1 amide bonds. The van der Waals surface area contributed by atoms with Gasteiger partial charge in [0.25, 0.3) is 5.91 Å². The Kier molecular flexibility index (Phi) is 5.70. The van der Waals surface area contributed by atoms with Crippen LogP contribution in [-0.2, 0) is 9.53 Å². The molecule has 5 nitrogen and oxygen atoms in total. The van der Waals surface area contributed by atoms with Gasteiger partial charge in [-0.05, 0) is 25.5 Å². The molecule has 0 saturated heterocycles. The van der Waals surface area contributed by atoms with Crippen LogP contribution < -0.4 is 11.1 Å². The number of ether oxygens (including phenoxy) is 1. The second-order valence-electron chi connectivity index (χ2n) is 3.75. The summed E-state index contributed by atoms with van der Waals surface area (Å²) in [5.74, 6) is -0.470. The first-order chi connectivity index (χ1) is 8.65. The predicted octanol–water partition coefficient (Wildman–Crippen LogP) is 1.34. The molecule has 0 fully saturated rings. The van der Waals surface area contributed by atoms with Gasteiger partial charge in [-0.25, -0.2) is 0 Å². The summed E-state index contributed by atoms with van der Waals surface area (Å²) in [4.78, 5) is 22.8. The van der Waals surface area contributed by atoms with Gasteiger partial charge in [-0.15, -0.1) is 0 Å². The maximum atomic E-state index is 11.7. The first kappa shape index (κ1) is 14.0. The fraction of sp³-hybridized carbons (Fsp3) is 0.385. The number of esters is 1. The van der Waals surface area contributed by atoms with E-state index in [0.29, 0.717) is 37.2 Å². The molecule has 18 heavy (non-hydrogen) atoms. The molecule has 0 saturated carbocycles. The fourth-order valence-corrected chi connectivity index (χ4v) is 1.47. The lowest BCUT2D eigenvalue weighted by Crippen LogP contribution is -2.25. The Morgan fingerprint density at radius 2 is 2.06 bits per heavy atom. The smallest absolute Gasteiger partial charge is 0.305 e. The first-order valence-corrected chi connectivity index (χ1v) is 5.93. The number of hydrogen-bond acceptors (Lipinski definition) is 4. The lowest BCUT2D eigenvalue weighted by molar-refractivity contribution is -0.143. The highest BCUT2D eigenvalue weighted by Crippen LogP contribution is 2.09. The minimum Gasteiger partial charge on any atom is -0.466 e. The molecule has 1 aromatic carbocycles. The van der Waals surface area contributed by atoms with E-state index >= 15 is 0 Å². The second-order valence-corrected chi connectivity index (χ2v) is 3.75. The highest BCUT2D eigenvalue weighted by molar-refractivity contribution is 5.99. The number of hydrogen-bond donors (Lipinski definition) is 2. The molecule has 0 aliphatic rings. The van der Waals surface area contributed by atoms with Crippen LogP contribution in [0.4, 0.5) is 5.69 Å². The number of carbonyl (C=O) groups excluding carboxylic acids is 2. The third-order valence-corrected chi connectivity index (χ3v) is 2.35. The molecule has 0 spiro atoms. The van der Waals surface area contributed by atoms with Crippen molar-refractivity contribution in [1.82, 2.24) is 5.32 Å². The van der Waals surface area contributed by atoms with Crippen LogP contribution in [0.2, 0.25) is 0 Å². The molecular weight excluding hydrogens is 232 g/mol. The van der Waals surface area contributed by atoms with Crippen molar-refractivity contribution in [2.24, 2.45) is 0 Å². The van der Waals surface area contributed by atoms with Crippen LogP contribution in [0.5, 0.6) is 0 Å². The summed E-state index contributed by atoms with van der Waals surface area (Å²) in [6.07, 6.45) is 0.857. The van der Waals surface area contributed by atoms with E-state index in [1.54, 1.807) is 31.2 Å². The molecule has 1 aromatic rings. The van der Waals surface area contributed by atoms with Gasteiger partial charge in [-0.3, -0.25) is 9.59 Å². The maximum Gasteiger partial charge on any atom is 0.305 e. The molecule has 0 aliphatic heterocycles. The fourth-order valence-electron chi connectivity index (χ4n) is 1.47. The van der Waals surface area contributed by atoms with Crippen LogP contribution in [0, 0.1) is 0 Å². The Labute approximate surface area is 106 Å². The van der Waals surface area contributed by atoms with Crippen molar-refractivity contribution in [2.45, 2.75) is 19.8 Å². The van der Waals surface area contributed by atoms with E-state index in [2.05, 4.69) is 5.32 Å². The summed E-state index contributed by atoms with van der Waals surface area (Å²) in [6, 6.07) is 6.86. The normalized spacial score (nSPS) is 9.83. The number of nitrogens with one attached hydrogen (secondary N) is 1. The number of carbonyl (C=O) groups is 2. The molecule has 0 bridgehead atoms. The third-order valence-electron chi connectivity index (χ3n) is 2.35. The Hall–Kier alpha value is -2.04. The van der Waals surface area contributed by atoms with Crippen LogP contribution >= 0.6 is 0 Å². The SMILES string of the molecule is CCOC(=O)CCCNC(=O)c1ccccc1N. The van der Waals surface area contributed by atoms with Gasteiger partial charge in [-0.2, -0.15) is 0 Å². The Balaban J connectivity index is 2.30. The first-order valence-electron chi connectivity index (χ1n) is 5.93. The van der Waals surface area contributed by atoms with E-state index in [0.717, 1.165) is 0 Å². The molecule has 0 aromatic heterocycles. The van der Waals surface area contributed by atoms with E-state index in [1.807, 2.05) is 0 Å². The van der Waals surface area contributed by atoms with E-state index < -0.39 is 0 Å². The van der Waals surface area contributed by atoms with Gasteiger partial charge in [0, 0.05) is 18.7 Å². The van der Waals surface area contributed by atoms with Crippen molar-refractivity contribution in [3.05, 3.63) is 29.8 Å². The van der Waals surface area contributed by atoms with Crippen molar-refractivity contribution >= 4 is 17.6 Å². The molecule has 3 N–H and O–H groups in total. The monoisotopic (exact) mass is 250 g/mol. The average Bonchev–Trinajstić information content (AvgIpc) is 2.35. The van der Waals surface area contributed by atoms with Crippen molar-refractivity contribution in [2.75, 3.05) is 18.9 Å². The zero-order valence-corrected chi connectivity index (χ0v) is 10.4. The Morgan fingerprint density at radius 3 is 2.72 bits per heavy atom. The Morgan fingerprint density at radius 1 is 1.33 bits per heavy atom. The number of nitrogen functional groups attached to an aromatic ring is 1. The van der Waals surface area contributed by atoms with Crippen LogP contribution in [0.15, 0.2) is 24.3 Å². The van der Waals surface area contributed by atoms with Gasteiger partial charge >= 0.3 is 5.97 Å². The Bertz CT molecular complexity index is 418. The molecule has 0 heterocycles. The summed E-state index contributed by atoms with van der Waals surface area (Å²) in [7, 11) is 0. The van der Waals surface area contributed by atoms with E-state index in [9.17, 15) is 9.59 Å². The van der Waals surface area contributed by atoms with Crippen LogP contribution in [-0.4, -0.2) is 25.0 Å². The summed E-state index contributed by atoms with van der Waals surface area (Å²) >= 11 is 0. The molecule has 1 rings (SSSR count). The lowest BCUT2D eigenvalue weighted by Gasteiger charge is -2.07. The van der Waals surface area contributed by atoms with Gasteiger partial charge in [0.15, 0.2) is 0 Å². The molecule has 0 aliphatic carbocycles. The minimum atomic E-state index is -0.244. The van der Waals surface area contributed by atoms with Crippen LogP contribution in [0.3, 0.4) is 0 Å². The standard InChI is InChI=1S/C13H18N2O3/c1-2-18-12(16)8-5-9-15-13(17)10-6-3-4-7-11(10)14/h3-4,6-7H,2,5,8-9,14H2,1H3,(H,15,17). The molecule has 5 heteroatoms. The number of amides is 1. The van der Waals surface area contributed by atoms with Crippen molar-refractivity contribution in [3.8, 4) is 0 Å². The van der Waals surface area contributed by atoms with Gasteiger partial charge in [0.05, 0.1) is 12.2 Å². The van der Waals surface area contributed by atoms with Crippen LogP contribution in [0.1, 0.15) is 30.1 Å². The topological polar surface area (TPSA) is 81.4 Å². The van der Waals surface area contributed by atoms with Gasteiger partial charge in [0.2, 0.25) is 0 Å². The largest absolute Gasteiger partial charge is 0.466 e. The van der Waals surface area contributed by atoms with Crippen molar-refractivity contribution in [1.29, 1.82) is 0 Å². The lowest BCUT2D eigenvalue weighted by atomic mass is 10.1. The zero-order chi connectivity index (χ0) is 13.4. The number of anilines is 1. The van der Waals surface area contributed by atoms with Gasteiger partial charge in [0.1, 0.15) is 0 Å². The van der Waals surface area contributed by atoms with E-state index in [1.165, 1.54) is 0 Å². The summed E-state index contributed by atoms with van der Waals surface area (Å²) < 4.78 is 4.78.